The zero-order chi connectivity index (χ0) is 12.0. The molecule has 1 heterocycles. The molecule has 0 aliphatic heterocycles. The molecule has 0 spiro atoms. The van der Waals surface area contributed by atoms with E-state index in [1.165, 1.54) is 0 Å². The van der Waals surface area contributed by atoms with Gasteiger partial charge in [-0.3, -0.25) is 4.79 Å². The molecular formula is C10H13FN2O3. The van der Waals surface area contributed by atoms with Gasteiger partial charge in [-0.25, -0.2) is 9.37 Å². The smallest absolute Gasteiger partial charge is 0.254 e. The molecule has 0 saturated heterocycles. The number of aromatic nitrogens is 1. The highest BCUT2D eigenvalue weighted by molar-refractivity contribution is 5.94. The van der Waals surface area contributed by atoms with Gasteiger partial charge in [0, 0.05) is 6.61 Å². The summed E-state index contributed by atoms with van der Waals surface area (Å²) in [6, 6.07) is 0.991. The maximum atomic E-state index is 12.8. The second-order valence-corrected chi connectivity index (χ2v) is 2.92. The van der Waals surface area contributed by atoms with Crippen LogP contribution in [0.3, 0.4) is 0 Å². The molecule has 1 rings (SSSR count). The summed E-state index contributed by atoms with van der Waals surface area (Å²) in [4.78, 5) is 14.6. The molecule has 88 valence electrons. The van der Waals surface area contributed by atoms with Gasteiger partial charge in [0.15, 0.2) is 0 Å². The van der Waals surface area contributed by atoms with Crippen LogP contribution < -0.4 is 10.5 Å². The first kappa shape index (κ1) is 12.4. The van der Waals surface area contributed by atoms with Crippen LogP contribution in [0.5, 0.6) is 5.88 Å². The summed E-state index contributed by atoms with van der Waals surface area (Å²) in [5, 5.41) is 0. The van der Waals surface area contributed by atoms with E-state index >= 15 is 0 Å². The molecule has 0 fully saturated rings. The molecule has 0 atom stereocenters. The summed E-state index contributed by atoms with van der Waals surface area (Å²) >= 11 is 0. The van der Waals surface area contributed by atoms with Crippen molar-refractivity contribution < 1.29 is 18.7 Å². The van der Waals surface area contributed by atoms with Gasteiger partial charge in [-0.15, -0.1) is 0 Å². The summed E-state index contributed by atoms with van der Waals surface area (Å²) in [7, 11) is 0. The highest BCUT2D eigenvalue weighted by atomic mass is 19.1. The van der Waals surface area contributed by atoms with Crippen LogP contribution in [-0.2, 0) is 4.74 Å². The SMILES string of the molecule is CCOCCOc1ncc(F)cc1C(N)=O. The van der Waals surface area contributed by atoms with E-state index in [4.69, 9.17) is 15.2 Å². The molecule has 0 aromatic carbocycles. The Hall–Kier alpha value is -1.69. The van der Waals surface area contributed by atoms with Gasteiger partial charge in [-0.1, -0.05) is 0 Å². The third-order valence-electron chi connectivity index (χ3n) is 1.75. The largest absolute Gasteiger partial charge is 0.475 e. The number of halogens is 1. The molecule has 2 N–H and O–H groups in total. The molecule has 0 radical (unpaired) electrons. The lowest BCUT2D eigenvalue weighted by Gasteiger charge is -2.08. The fraction of sp³-hybridized carbons (Fsp3) is 0.400. The molecular weight excluding hydrogens is 215 g/mol. The highest BCUT2D eigenvalue weighted by Gasteiger charge is 2.12. The van der Waals surface area contributed by atoms with Crippen molar-refractivity contribution in [3.63, 3.8) is 0 Å². The van der Waals surface area contributed by atoms with Crippen LogP contribution in [0.25, 0.3) is 0 Å². The fourth-order valence-electron chi connectivity index (χ4n) is 1.06. The van der Waals surface area contributed by atoms with Crippen molar-refractivity contribution in [2.24, 2.45) is 5.73 Å². The number of nitrogens with zero attached hydrogens (tertiary/aromatic N) is 1. The standard InChI is InChI=1S/C10H13FN2O3/c1-2-15-3-4-16-10-8(9(12)14)5-7(11)6-13-10/h5-6H,2-4H2,1H3,(H2,12,14). The second kappa shape index (κ2) is 6.02. The summed E-state index contributed by atoms with van der Waals surface area (Å²) < 4.78 is 23.0. The number of hydrogen-bond donors (Lipinski definition) is 1. The minimum atomic E-state index is -0.779. The van der Waals surface area contributed by atoms with Gasteiger partial charge in [-0.2, -0.15) is 0 Å². The number of carbonyl (C=O) groups is 1. The number of amides is 1. The lowest BCUT2D eigenvalue weighted by molar-refractivity contribution is 0.0972. The van der Waals surface area contributed by atoms with E-state index in [1.807, 2.05) is 6.92 Å². The summed E-state index contributed by atoms with van der Waals surface area (Å²) in [5.41, 5.74) is 4.98. The molecule has 0 aliphatic carbocycles. The second-order valence-electron chi connectivity index (χ2n) is 2.92. The average Bonchev–Trinajstić information content (AvgIpc) is 2.26. The number of ether oxygens (including phenoxy) is 2. The molecule has 1 aromatic heterocycles. The quantitative estimate of drug-likeness (QED) is 0.728. The normalized spacial score (nSPS) is 10.1. The topological polar surface area (TPSA) is 74.4 Å². The van der Waals surface area contributed by atoms with Gasteiger partial charge < -0.3 is 15.2 Å². The molecule has 1 aromatic rings. The predicted molar refractivity (Wildman–Crippen MR) is 54.7 cm³/mol. The summed E-state index contributed by atoms with van der Waals surface area (Å²) in [5.74, 6) is -1.39. The number of rotatable bonds is 6. The molecule has 0 aliphatic rings. The van der Waals surface area contributed by atoms with E-state index in [9.17, 15) is 9.18 Å². The Bertz CT molecular complexity index is 371. The van der Waals surface area contributed by atoms with E-state index in [2.05, 4.69) is 4.98 Å². The number of hydrogen-bond acceptors (Lipinski definition) is 4. The number of primary amides is 1. The van der Waals surface area contributed by atoms with Crippen molar-refractivity contribution in [1.29, 1.82) is 0 Å². The Morgan fingerprint density at radius 3 is 2.94 bits per heavy atom. The summed E-state index contributed by atoms with van der Waals surface area (Å²) in [6.45, 7) is 3.02. The van der Waals surface area contributed by atoms with Crippen molar-refractivity contribution >= 4 is 5.91 Å². The number of carbonyl (C=O) groups excluding carboxylic acids is 1. The van der Waals surface area contributed by atoms with Crippen LogP contribution in [0.2, 0.25) is 0 Å². The Labute approximate surface area is 92.4 Å². The van der Waals surface area contributed by atoms with Gasteiger partial charge in [0.2, 0.25) is 5.88 Å². The molecule has 1 amide bonds. The fourth-order valence-corrected chi connectivity index (χ4v) is 1.06. The zero-order valence-electron chi connectivity index (χ0n) is 8.90. The van der Waals surface area contributed by atoms with Crippen molar-refractivity contribution in [3.05, 3.63) is 23.6 Å². The van der Waals surface area contributed by atoms with Crippen molar-refractivity contribution in [1.82, 2.24) is 4.98 Å². The van der Waals surface area contributed by atoms with Gasteiger partial charge in [0.25, 0.3) is 5.91 Å². The Morgan fingerprint density at radius 1 is 1.56 bits per heavy atom. The predicted octanol–water partition coefficient (Wildman–Crippen LogP) is 0.735. The van der Waals surface area contributed by atoms with Crippen LogP contribution in [-0.4, -0.2) is 30.7 Å². The van der Waals surface area contributed by atoms with Crippen LogP contribution in [0.15, 0.2) is 12.3 Å². The van der Waals surface area contributed by atoms with Gasteiger partial charge in [0.05, 0.1) is 12.8 Å². The Balaban J connectivity index is 2.67. The van der Waals surface area contributed by atoms with E-state index in [0.29, 0.717) is 13.2 Å². The minimum absolute atomic E-state index is 0.0219. The first-order valence-electron chi connectivity index (χ1n) is 4.81. The lowest BCUT2D eigenvalue weighted by Crippen LogP contribution is -2.16. The molecule has 0 bridgehead atoms. The van der Waals surface area contributed by atoms with Crippen molar-refractivity contribution in [3.8, 4) is 5.88 Å². The third kappa shape index (κ3) is 3.47. The van der Waals surface area contributed by atoms with E-state index < -0.39 is 11.7 Å². The van der Waals surface area contributed by atoms with Crippen molar-refractivity contribution in [2.45, 2.75) is 6.92 Å². The number of pyridine rings is 1. The molecule has 6 heteroatoms. The Kier molecular flexibility index (Phi) is 4.65. The molecule has 16 heavy (non-hydrogen) atoms. The van der Waals surface area contributed by atoms with Crippen LogP contribution in [0, 0.1) is 5.82 Å². The highest BCUT2D eigenvalue weighted by Crippen LogP contribution is 2.15. The van der Waals surface area contributed by atoms with Gasteiger partial charge in [-0.05, 0) is 13.0 Å². The van der Waals surface area contributed by atoms with E-state index in [-0.39, 0.29) is 18.1 Å². The monoisotopic (exact) mass is 228 g/mol. The molecule has 5 nitrogen and oxygen atoms in total. The average molecular weight is 228 g/mol. The lowest BCUT2D eigenvalue weighted by atomic mass is 10.2. The maximum absolute atomic E-state index is 12.8. The van der Waals surface area contributed by atoms with E-state index in [0.717, 1.165) is 12.3 Å². The number of nitrogens with two attached hydrogens (primary N) is 1. The van der Waals surface area contributed by atoms with E-state index in [1.54, 1.807) is 0 Å². The van der Waals surface area contributed by atoms with Crippen LogP contribution >= 0.6 is 0 Å². The van der Waals surface area contributed by atoms with Crippen molar-refractivity contribution in [2.75, 3.05) is 19.8 Å². The van der Waals surface area contributed by atoms with Gasteiger partial charge >= 0.3 is 0 Å². The van der Waals surface area contributed by atoms with Crippen LogP contribution in [0.4, 0.5) is 4.39 Å². The molecule has 0 saturated carbocycles. The maximum Gasteiger partial charge on any atom is 0.254 e. The zero-order valence-corrected chi connectivity index (χ0v) is 8.90. The summed E-state index contributed by atoms with van der Waals surface area (Å²) in [6.07, 6.45) is 0.961. The first-order valence-corrected chi connectivity index (χ1v) is 4.81. The Morgan fingerprint density at radius 2 is 2.31 bits per heavy atom. The van der Waals surface area contributed by atoms with Crippen LogP contribution in [0.1, 0.15) is 17.3 Å². The first-order chi connectivity index (χ1) is 7.65. The minimum Gasteiger partial charge on any atom is -0.475 e. The third-order valence-corrected chi connectivity index (χ3v) is 1.75. The van der Waals surface area contributed by atoms with Gasteiger partial charge in [0.1, 0.15) is 18.0 Å². The molecule has 0 unspecified atom stereocenters.